The maximum absolute atomic E-state index is 12.8. The average molecular weight is 520 g/mol. The first-order valence-electron chi connectivity index (χ1n) is 8.87. The molecular formula is C19H23F2IN4O3. The van der Waals surface area contributed by atoms with Crippen LogP contribution >= 0.6 is 24.0 Å². The molecule has 7 nitrogen and oxygen atoms in total. The minimum absolute atomic E-state index is 0. The summed E-state index contributed by atoms with van der Waals surface area (Å²) < 4.78 is 40.7. The first kappa shape index (κ1) is 22.9. The molecule has 0 bridgehead atoms. The molecule has 2 aromatic rings. The monoisotopic (exact) mass is 520 g/mol. The number of aliphatic imine (C=N–C) groups is 1. The number of aryl methyl sites for hydroxylation is 1. The van der Waals surface area contributed by atoms with E-state index in [1.54, 1.807) is 6.07 Å². The molecule has 3 rings (SSSR count). The molecule has 0 unspecified atom stereocenters. The summed E-state index contributed by atoms with van der Waals surface area (Å²) in [4.78, 5) is 8.89. The molecule has 1 aliphatic heterocycles. The molecule has 0 spiro atoms. The van der Waals surface area contributed by atoms with Gasteiger partial charge in [-0.2, -0.15) is 8.78 Å². The predicted molar refractivity (Wildman–Crippen MR) is 115 cm³/mol. The van der Waals surface area contributed by atoms with Gasteiger partial charge in [-0.25, -0.2) is 4.99 Å². The summed E-state index contributed by atoms with van der Waals surface area (Å²) >= 11 is 0. The van der Waals surface area contributed by atoms with Gasteiger partial charge in [0.15, 0.2) is 17.5 Å². The molecule has 0 radical (unpaired) electrons. The van der Waals surface area contributed by atoms with Gasteiger partial charge in [-0.1, -0.05) is 6.07 Å². The summed E-state index contributed by atoms with van der Waals surface area (Å²) in [5.74, 6) is 1.40. The molecular weight excluding hydrogens is 497 g/mol. The zero-order valence-electron chi connectivity index (χ0n) is 16.1. The lowest BCUT2D eigenvalue weighted by atomic mass is 10.1. The number of nitrogens with one attached hydrogen (secondary N) is 2. The van der Waals surface area contributed by atoms with E-state index in [-0.39, 0.29) is 43.1 Å². The van der Waals surface area contributed by atoms with Crippen LogP contribution < -0.4 is 24.8 Å². The van der Waals surface area contributed by atoms with E-state index < -0.39 is 6.61 Å². The van der Waals surface area contributed by atoms with E-state index in [4.69, 9.17) is 9.47 Å². The van der Waals surface area contributed by atoms with E-state index in [0.29, 0.717) is 36.1 Å². The Kier molecular flexibility index (Phi) is 8.68. The summed E-state index contributed by atoms with van der Waals surface area (Å²) in [6.45, 7) is 2.21. The first-order chi connectivity index (χ1) is 13.5. The molecule has 2 heterocycles. The van der Waals surface area contributed by atoms with Crippen molar-refractivity contribution in [2.24, 2.45) is 4.99 Å². The van der Waals surface area contributed by atoms with Gasteiger partial charge in [-0.3, -0.25) is 4.98 Å². The maximum atomic E-state index is 12.8. The van der Waals surface area contributed by atoms with Gasteiger partial charge >= 0.3 is 6.61 Å². The van der Waals surface area contributed by atoms with Crippen LogP contribution in [0, 0.1) is 6.92 Å². The number of rotatable bonds is 7. The Morgan fingerprint density at radius 1 is 1.24 bits per heavy atom. The number of alkyl halides is 2. The van der Waals surface area contributed by atoms with Crippen LogP contribution in [0.3, 0.4) is 0 Å². The normalized spacial score (nSPS) is 12.5. The molecule has 2 N–H and O–H groups in total. The summed E-state index contributed by atoms with van der Waals surface area (Å²) in [7, 11) is 0. The Morgan fingerprint density at radius 2 is 2.00 bits per heavy atom. The van der Waals surface area contributed by atoms with Gasteiger partial charge in [0.1, 0.15) is 5.75 Å². The number of hydrogen-bond acceptors (Lipinski definition) is 5. The van der Waals surface area contributed by atoms with Crippen molar-refractivity contribution < 1.29 is 23.0 Å². The van der Waals surface area contributed by atoms with Crippen molar-refractivity contribution in [3.8, 4) is 17.2 Å². The number of benzene rings is 1. The van der Waals surface area contributed by atoms with Gasteiger partial charge in [-0.05, 0) is 32.0 Å². The van der Waals surface area contributed by atoms with Crippen molar-refractivity contribution in [3.63, 3.8) is 0 Å². The Balaban J connectivity index is 0.00000300. The van der Waals surface area contributed by atoms with Crippen molar-refractivity contribution in [2.45, 2.75) is 33.5 Å². The summed E-state index contributed by atoms with van der Waals surface area (Å²) in [5, 5.41) is 6.29. The van der Waals surface area contributed by atoms with E-state index in [1.807, 2.05) is 32.0 Å². The lowest BCUT2D eigenvalue weighted by Crippen LogP contribution is -2.37. The number of pyridine rings is 1. The highest BCUT2D eigenvalue weighted by molar-refractivity contribution is 14.0. The molecule has 0 atom stereocenters. The zero-order valence-corrected chi connectivity index (χ0v) is 18.4. The Morgan fingerprint density at radius 3 is 2.69 bits per heavy atom. The smallest absolute Gasteiger partial charge is 0.387 e. The van der Waals surface area contributed by atoms with E-state index >= 15 is 0 Å². The third kappa shape index (κ3) is 6.58. The van der Waals surface area contributed by atoms with Crippen LogP contribution in [0.4, 0.5) is 8.78 Å². The van der Waals surface area contributed by atoms with Crippen molar-refractivity contribution in [2.75, 3.05) is 13.3 Å². The predicted octanol–water partition coefficient (Wildman–Crippen LogP) is 3.59. The van der Waals surface area contributed by atoms with Gasteiger partial charge in [0.25, 0.3) is 0 Å². The summed E-state index contributed by atoms with van der Waals surface area (Å²) in [6, 6.07) is 8.78. The Hall–Kier alpha value is -2.37. The molecule has 1 aromatic heterocycles. The fraction of sp³-hybridized carbons (Fsp3) is 0.368. The van der Waals surface area contributed by atoms with Gasteiger partial charge in [0.05, 0.1) is 18.8 Å². The van der Waals surface area contributed by atoms with Gasteiger partial charge in [0.2, 0.25) is 6.79 Å². The molecule has 158 valence electrons. The number of halogens is 3. The Bertz CT molecular complexity index is 852. The SMILES string of the molecule is CCNC(=NCc1cc2c(cc1OC(F)F)OCO2)NCc1cccc(C)n1.I. The molecule has 1 aromatic carbocycles. The number of nitrogens with zero attached hydrogens (tertiary/aromatic N) is 2. The number of guanidine groups is 1. The van der Waals surface area contributed by atoms with E-state index in [9.17, 15) is 8.78 Å². The van der Waals surface area contributed by atoms with Crippen LogP contribution in [0.1, 0.15) is 23.9 Å². The van der Waals surface area contributed by atoms with E-state index in [2.05, 4.69) is 25.3 Å². The lowest BCUT2D eigenvalue weighted by molar-refractivity contribution is -0.0505. The minimum atomic E-state index is -2.94. The second-order valence-corrected chi connectivity index (χ2v) is 6.01. The lowest BCUT2D eigenvalue weighted by Gasteiger charge is -2.13. The number of aromatic nitrogens is 1. The van der Waals surface area contributed by atoms with Crippen LogP contribution in [-0.2, 0) is 13.1 Å². The standard InChI is InChI=1S/C19H22F2N4O3.HI/c1-3-22-19(24-10-14-6-4-5-12(2)25-14)23-9-13-7-16-17(27-11-26-16)8-15(13)28-18(20)21;/h4-8,18H,3,9-11H2,1-2H3,(H2,22,23,24);1H. The second kappa shape index (κ2) is 11.0. The molecule has 0 fully saturated rings. The molecule has 10 heteroatoms. The minimum Gasteiger partial charge on any atom is -0.454 e. The molecule has 0 saturated carbocycles. The third-order valence-corrected chi connectivity index (χ3v) is 3.91. The zero-order chi connectivity index (χ0) is 19.9. The highest BCUT2D eigenvalue weighted by atomic mass is 127. The van der Waals surface area contributed by atoms with Gasteiger partial charge in [0, 0.05) is 23.9 Å². The molecule has 29 heavy (non-hydrogen) atoms. The number of hydrogen-bond donors (Lipinski definition) is 2. The van der Waals surface area contributed by atoms with Crippen molar-refractivity contribution >= 4 is 29.9 Å². The molecule has 1 aliphatic rings. The summed E-state index contributed by atoms with van der Waals surface area (Å²) in [5.41, 5.74) is 2.27. The van der Waals surface area contributed by atoms with Crippen molar-refractivity contribution in [1.29, 1.82) is 0 Å². The largest absolute Gasteiger partial charge is 0.454 e. The Labute approximate surface area is 184 Å². The first-order valence-corrected chi connectivity index (χ1v) is 8.87. The quantitative estimate of drug-likeness (QED) is 0.330. The highest BCUT2D eigenvalue weighted by Crippen LogP contribution is 2.39. The summed E-state index contributed by atoms with van der Waals surface area (Å²) in [6.07, 6.45) is 0. The highest BCUT2D eigenvalue weighted by Gasteiger charge is 2.20. The molecule has 0 saturated heterocycles. The van der Waals surface area contributed by atoms with Crippen LogP contribution in [0.2, 0.25) is 0 Å². The van der Waals surface area contributed by atoms with Gasteiger partial charge in [-0.15, -0.1) is 24.0 Å². The van der Waals surface area contributed by atoms with Crippen LogP contribution in [0.15, 0.2) is 35.3 Å². The third-order valence-electron chi connectivity index (χ3n) is 3.91. The second-order valence-electron chi connectivity index (χ2n) is 6.01. The van der Waals surface area contributed by atoms with Crippen LogP contribution in [0.5, 0.6) is 17.2 Å². The van der Waals surface area contributed by atoms with Crippen molar-refractivity contribution in [3.05, 3.63) is 47.3 Å². The van der Waals surface area contributed by atoms with Gasteiger partial charge < -0.3 is 24.8 Å². The van der Waals surface area contributed by atoms with Crippen LogP contribution in [-0.4, -0.2) is 30.9 Å². The van der Waals surface area contributed by atoms with Crippen molar-refractivity contribution in [1.82, 2.24) is 15.6 Å². The fourth-order valence-corrected chi connectivity index (χ4v) is 2.67. The number of fused-ring (bicyclic) bond motifs is 1. The molecule has 0 amide bonds. The fourth-order valence-electron chi connectivity index (χ4n) is 2.67. The number of ether oxygens (including phenoxy) is 3. The van der Waals surface area contributed by atoms with E-state index in [0.717, 1.165) is 11.4 Å². The van der Waals surface area contributed by atoms with Crippen LogP contribution in [0.25, 0.3) is 0 Å². The molecule has 0 aliphatic carbocycles. The van der Waals surface area contributed by atoms with E-state index in [1.165, 1.54) is 6.07 Å². The topological polar surface area (TPSA) is 77.0 Å². The maximum Gasteiger partial charge on any atom is 0.387 e. The average Bonchev–Trinajstić information content (AvgIpc) is 3.10.